The lowest BCUT2D eigenvalue weighted by Gasteiger charge is -2.17. The lowest BCUT2D eigenvalue weighted by Crippen LogP contribution is -2.23. The third-order valence-electron chi connectivity index (χ3n) is 5.14. The lowest BCUT2D eigenvalue weighted by molar-refractivity contribution is -0.128. The van der Waals surface area contributed by atoms with Crippen molar-refractivity contribution < 1.29 is 9.21 Å². The smallest absolute Gasteiger partial charge is 0.247 e. The molecule has 0 atom stereocenters. The Morgan fingerprint density at radius 3 is 2.54 bits per heavy atom. The summed E-state index contributed by atoms with van der Waals surface area (Å²) >= 11 is 0. The average Bonchev–Trinajstić information content (AvgIpc) is 3.26. The van der Waals surface area contributed by atoms with Crippen LogP contribution in [0, 0.1) is 0 Å². The Bertz CT molecular complexity index is 702. The van der Waals surface area contributed by atoms with Gasteiger partial charge in [-0.2, -0.15) is 0 Å². The Morgan fingerprint density at radius 1 is 1.04 bits per heavy atom. The van der Waals surface area contributed by atoms with Gasteiger partial charge >= 0.3 is 0 Å². The molecule has 1 aliphatic carbocycles. The van der Waals surface area contributed by atoms with Gasteiger partial charge in [-0.25, -0.2) is 0 Å². The van der Waals surface area contributed by atoms with Crippen molar-refractivity contribution in [2.24, 2.45) is 0 Å². The molecule has 2 heterocycles. The summed E-state index contributed by atoms with van der Waals surface area (Å²) in [5.74, 6) is 2.07. The first-order chi connectivity index (χ1) is 11.8. The lowest BCUT2D eigenvalue weighted by atomic mass is 9.89. The van der Waals surface area contributed by atoms with Crippen molar-refractivity contribution in [2.45, 2.75) is 57.4 Å². The second-order valence-electron chi connectivity index (χ2n) is 6.90. The summed E-state index contributed by atoms with van der Waals surface area (Å²) in [4.78, 5) is 13.6. The summed E-state index contributed by atoms with van der Waals surface area (Å²) in [5.41, 5.74) is 2.09. The van der Waals surface area contributed by atoms with E-state index in [4.69, 9.17) is 4.42 Å². The van der Waals surface area contributed by atoms with E-state index in [9.17, 15) is 4.79 Å². The molecule has 1 aromatic heterocycles. The first-order valence-electron chi connectivity index (χ1n) is 9.00. The zero-order valence-electron chi connectivity index (χ0n) is 13.9. The van der Waals surface area contributed by atoms with Crippen LogP contribution in [0.1, 0.15) is 62.3 Å². The normalized spacial score (nSPS) is 19.2. The van der Waals surface area contributed by atoms with E-state index in [1.54, 1.807) is 0 Å². The summed E-state index contributed by atoms with van der Waals surface area (Å²) in [5, 5.41) is 8.49. The minimum atomic E-state index is 0.258. The third-order valence-corrected chi connectivity index (χ3v) is 5.14. The number of amides is 1. The SMILES string of the molecule is O=C1CCCN1Cc1ccc(-c2nnc(C3CCCCC3)o2)cc1. The number of carbonyl (C=O) groups excluding carboxylic acids is 1. The fourth-order valence-corrected chi connectivity index (χ4v) is 3.71. The maximum Gasteiger partial charge on any atom is 0.247 e. The van der Waals surface area contributed by atoms with Crippen molar-refractivity contribution >= 4 is 5.91 Å². The van der Waals surface area contributed by atoms with Crippen molar-refractivity contribution in [3.8, 4) is 11.5 Å². The highest BCUT2D eigenvalue weighted by Gasteiger charge is 2.22. The number of hydrogen-bond donors (Lipinski definition) is 0. The molecule has 2 aromatic rings. The number of aromatic nitrogens is 2. The molecule has 5 nitrogen and oxygen atoms in total. The molecule has 0 radical (unpaired) electrons. The van der Waals surface area contributed by atoms with Gasteiger partial charge < -0.3 is 9.32 Å². The maximum absolute atomic E-state index is 11.7. The van der Waals surface area contributed by atoms with Crippen LogP contribution < -0.4 is 0 Å². The Morgan fingerprint density at radius 2 is 1.83 bits per heavy atom. The van der Waals surface area contributed by atoms with Gasteiger partial charge in [0.25, 0.3) is 0 Å². The molecule has 24 heavy (non-hydrogen) atoms. The quantitative estimate of drug-likeness (QED) is 0.855. The summed E-state index contributed by atoms with van der Waals surface area (Å²) in [6.07, 6.45) is 7.80. The van der Waals surface area contributed by atoms with Gasteiger partial charge in [0, 0.05) is 31.0 Å². The molecule has 0 N–H and O–H groups in total. The molecule has 4 rings (SSSR count). The minimum Gasteiger partial charge on any atom is -0.420 e. The minimum absolute atomic E-state index is 0.258. The summed E-state index contributed by atoms with van der Waals surface area (Å²) < 4.78 is 5.91. The van der Waals surface area contributed by atoms with E-state index in [1.165, 1.54) is 19.3 Å². The fraction of sp³-hybridized carbons (Fsp3) is 0.526. The Labute approximate surface area is 142 Å². The van der Waals surface area contributed by atoms with Crippen molar-refractivity contribution in [3.63, 3.8) is 0 Å². The highest BCUT2D eigenvalue weighted by molar-refractivity contribution is 5.78. The van der Waals surface area contributed by atoms with Crippen LogP contribution in [0.25, 0.3) is 11.5 Å². The van der Waals surface area contributed by atoms with Crippen molar-refractivity contribution in [1.82, 2.24) is 15.1 Å². The number of hydrogen-bond acceptors (Lipinski definition) is 4. The largest absolute Gasteiger partial charge is 0.420 e. The van der Waals surface area contributed by atoms with E-state index in [-0.39, 0.29) is 5.91 Å². The standard InChI is InChI=1S/C19H23N3O2/c23-17-7-4-12-22(17)13-14-8-10-16(11-9-14)19-21-20-18(24-19)15-5-2-1-3-6-15/h8-11,15H,1-7,12-13H2. The van der Waals surface area contributed by atoms with E-state index in [0.717, 1.165) is 42.8 Å². The Balaban J connectivity index is 1.44. The molecule has 0 spiro atoms. The van der Waals surface area contributed by atoms with Crippen LogP contribution in [0.3, 0.4) is 0 Å². The summed E-state index contributed by atoms with van der Waals surface area (Å²) in [6.45, 7) is 1.56. The second kappa shape index (κ2) is 6.75. The first-order valence-corrected chi connectivity index (χ1v) is 9.00. The van der Waals surface area contributed by atoms with E-state index in [2.05, 4.69) is 10.2 Å². The van der Waals surface area contributed by atoms with Crippen molar-refractivity contribution in [1.29, 1.82) is 0 Å². The number of carbonyl (C=O) groups is 1. The topological polar surface area (TPSA) is 59.2 Å². The van der Waals surface area contributed by atoms with Crippen LogP contribution >= 0.6 is 0 Å². The van der Waals surface area contributed by atoms with Crippen LogP contribution in [0.15, 0.2) is 28.7 Å². The number of nitrogens with zero attached hydrogens (tertiary/aromatic N) is 3. The molecular weight excluding hydrogens is 302 g/mol. The van der Waals surface area contributed by atoms with Crippen LogP contribution in [0.5, 0.6) is 0 Å². The molecule has 5 heteroatoms. The number of likely N-dealkylation sites (tertiary alicyclic amines) is 1. The zero-order valence-corrected chi connectivity index (χ0v) is 13.9. The highest BCUT2D eigenvalue weighted by atomic mass is 16.4. The Hall–Kier alpha value is -2.17. The molecule has 1 saturated heterocycles. The summed E-state index contributed by atoms with van der Waals surface area (Å²) in [6, 6.07) is 8.11. The van der Waals surface area contributed by atoms with Gasteiger partial charge in [-0.15, -0.1) is 10.2 Å². The van der Waals surface area contributed by atoms with Gasteiger partial charge in [-0.1, -0.05) is 31.4 Å². The van der Waals surface area contributed by atoms with Gasteiger partial charge in [0.05, 0.1) is 0 Å². The third kappa shape index (κ3) is 3.21. The molecule has 0 unspecified atom stereocenters. The maximum atomic E-state index is 11.7. The fourth-order valence-electron chi connectivity index (χ4n) is 3.71. The molecule has 0 bridgehead atoms. The van der Waals surface area contributed by atoms with E-state index in [0.29, 0.717) is 24.8 Å². The first kappa shape index (κ1) is 15.4. The molecular formula is C19H23N3O2. The highest BCUT2D eigenvalue weighted by Crippen LogP contribution is 2.33. The molecule has 126 valence electrons. The second-order valence-corrected chi connectivity index (χ2v) is 6.90. The molecule has 2 fully saturated rings. The monoisotopic (exact) mass is 325 g/mol. The van der Waals surface area contributed by atoms with Crippen molar-refractivity contribution in [3.05, 3.63) is 35.7 Å². The van der Waals surface area contributed by atoms with E-state index in [1.807, 2.05) is 29.2 Å². The van der Waals surface area contributed by atoms with Crippen molar-refractivity contribution in [2.75, 3.05) is 6.54 Å². The van der Waals surface area contributed by atoms with Gasteiger partial charge in [0.15, 0.2) is 0 Å². The predicted molar refractivity (Wildman–Crippen MR) is 90.2 cm³/mol. The van der Waals surface area contributed by atoms with E-state index < -0.39 is 0 Å². The van der Waals surface area contributed by atoms with Gasteiger partial charge in [-0.3, -0.25) is 4.79 Å². The molecule has 1 aromatic carbocycles. The van der Waals surface area contributed by atoms with E-state index >= 15 is 0 Å². The Kier molecular flexibility index (Phi) is 4.32. The zero-order chi connectivity index (χ0) is 16.4. The van der Waals surface area contributed by atoms with Gasteiger partial charge in [0.2, 0.25) is 17.7 Å². The number of rotatable bonds is 4. The predicted octanol–water partition coefficient (Wildman–Crippen LogP) is 3.91. The molecule has 1 aliphatic heterocycles. The van der Waals surface area contributed by atoms with Crippen LogP contribution in [-0.2, 0) is 11.3 Å². The van der Waals surface area contributed by atoms with Gasteiger partial charge in [-0.05, 0) is 37.0 Å². The molecule has 2 aliphatic rings. The van der Waals surface area contributed by atoms with Crippen LogP contribution in [0.2, 0.25) is 0 Å². The average molecular weight is 325 g/mol. The molecule has 1 amide bonds. The van der Waals surface area contributed by atoms with Crippen LogP contribution in [-0.4, -0.2) is 27.5 Å². The number of benzene rings is 1. The van der Waals surface area contributed by atoms with Gasteiger partial charge in [0.1, 0.15) is 0 Å². The summed E-state index contributed by atoms with van der Waals surface area (Å²) in [7, 11) is 0. The molecule has 1 saturated carbocycles. The van der Waals surface area contributed by atoms with Crippen LogP contribution in [0.4, 0.5) is 0 Å².